The number of likely N-dealkylation sites (N-methyl/N-ethyl adjacent to an activating group) is 1. The van der Waals surface area contributed by atoms with Gasteiger partial charge in [-0.15, -0.1) is 0 Å². The number of benzene rings is 2. The number of carbonyl (C=O) groups is 2. The van der Waals surface area contributed by atoms with Gasteiger partial charge in [0, 0.05) is 12.7 Å². The molecule has 2 rings (SSSR count). The number of anilines is 1. The average Bonchev–Trinajstić information content (AvgIpc) is 2.56. The molecule has 0 saturated heterocycles. The second-order valence-electron chi connectivity index (χ2n) is 5.72. The lowest BCUT2D eigenvalue weighted by molar-refractivity contribution is -0.135. The molecule has 0 spiro atoms. The van der Waals surface area contributed by atoms with Gasteiger partial charge >= 0.3 is 0 Å². The fraction of sp³-hybridized carbons (Fsp3) is 0.263. The van der Waals surface area contributed by atoms with Gasteiger partial charge in [-0.3, -0.25) is 9.59 Å². The second kappa shape index (κ2) is 8.15. The minimum atomic E-state index is -0.252. The van der Waals surface area contributed by atoms with Crippen molar-refractivity contribution >= 4 is 17.5 Å². The molecule has 5 heteroatoms. The SMILES string of the molecule is Cc1ccc(NC(=O)CN(C)C(=O)COc2ccccc2C)cc1. The van der Waals surface area contributed by atoms with Crippen LogP contribution in [0.25, 0.3) is 0 Å². The van der Waals surface area contributed by atoms with Gasteiger partial charge in [-0.05, 0) is 37.6 Å². The normalized spacial score (nSPS) is 10.1. The van der Waals surface area contributed by atoms with Gasteiger partial charge in [0.1, 0.15) is 5.75 Å². The molecule has 0 atom stereocenters. The largest absolute Gasteiger partial charge is 0.484 e. The summed E-state index contributed by atoms with van der Waals surface area (Å²) in [4.78, 5) is 25.4. The quantitative estimate of drug-likeness (QED) is 0.888. The molecule has 0 aliphatic carbocycles. The summed E-state index contributed by atoms with van der Waals surface area (Å²) in [6.07, 6.45) is 0. The van der Waals surface area contributed by atoms with Crippen LogP contribution in [-0.2, 0) is 9.59 Å². The highest BCUT2D eigenvalue weighted by atomic mass is 16.5. The minimum absolute atomic E-state index is 0.0240. The molecule has 0 unspecified atom stereocenters. The van der Waals surface area contributed by atoms with E-state index in [2.05, 4.69) is 5.32 Å². The summed E-state index contributed by atoms with van der Waals surface area (Å²) in [5.74, 6) is 0.172. The van der Waals surface area contributed by atoms with Gasteiger partial charge in [0.05, 0.1) is 6.54 Å². The first-order valence-electron chi connectivity index (χ1n) is 7.74. The summed E-state index contributed by atoms with van der Waals surface area (Å²) in [6, 6.07) is 15.0. The van der Waals surface area contributed by atoms with Crippen LogP contribution in [0, 0.1) is 13.8 Å². The molecular weight excluding hydrogens is 304 g/mol. The number of nitrogens with zero attached hydrogens (tertiary/aromatic N) is 1. The van der Waals surface area contributed by atoms with Crippen LogP contribution in [0.1, 0.15) is 11.1 Å². The predicted octanol–water partition coefficient (Wildman–Crippen LogP) is 2.78. The summed E-state index contributed by atoms with van der Waals surface area (Å²) in [5.41, 5.74) is 2.79. The van der Waals surface area contributed by atoms with E-state index in [4.69, 9.17) is 4.74 Å². The maximum absolute atomic E-state index is 12.1. The van der Waals surface area contributed by atoms with Gasteiger partial charge < -0.3 is 15.0 Å². The number of hydrogen-bond donors (Lipinski definition) is 1. The van der Waals surface area contributed by atoms with Crippen molar-refractivity contribution in [3.8, 4) is 5.75 Å². The van der Waals surface area contributed by atoms with Crippen LogP contribution < -0.4 is 10.1 Å². The fourth-order valence-corrected chi connectivity index (χ4v) is 2.11. The molecule has 0 aliphatic heterocycles. The lowest BCUT2D eigenvalue weighted by Gasteiger charge is -2.17. The van der Waals surface area contributed by atoms with E-state index in [0.717, 1.165) is 11.1 Å². The van der Waals surface area contributed by atoms with E-state index in [-0.39, 0.29) is 25.0 Å². The molecule has 1 N–H and O–H groups in total. The van der Waals surface area contributed by atoms with Crippen molar-refractivity contribution in [2.75, 3.05) is 25.5 Å². The zero-order chi connectivity index (χ0) is 17.5. The number of para-hydroxylation sites is 1. The summed E-state index contributed by atoms with van der Waals surface area (Å²) in [6.45, 7) is 3.77. The number of hydrogen-bond acceptors (Lipinski definition) is 3. The van der Waals surface area contributed by atoms with Gasteiger partial charge in [0.2, 0.25) is 5.91 Å². The highest BCUT2D eigenvalue weighted by Crippen LogP contribution is 2.16. The number of ether oxygens (including phenoxy) is 1. The number of carbonyl (C=O) groups excluding carboxylic acids is 2. The van der Waals surface area contributed by atoms with Crippen molar-refractivity contribution < 1.29 is 14.3 Å². The van der Waals surface area contributed by atoms with E-state index in [1.807, 2.05) is 62.4 Å². The predicted molar refractivity (Wildman–Crippen MR) is 94.1 cm³/mol. The Morgan fingerprint density at radius 2 is 1.71 bits per heavy atom. The third-order valence-electron chi connectivity index (χ3n) is 3.59. The molecule has 2 aromatic carbocycles. The Bertz CT molecular complexity index is 711. The minimum Gasteiger partial charge on any atom is -0.484 e. The molecule has 0 saturated carbocycles. The topological polar surface area (TPSA) is 58.6 Å². The van der Waals surface area contributed by atoms with Crippen molar-refractivity contribution in [3.63, 3.8) is 0 Å². The first-order chi connectivity index (χ1) is 11.5. The highest BCUT2D eigenvalue weighted by Gasteiger charge is 2.14. The Labute approximate surface area is 142 Å². The molecular formula is C19H22N2O3. The van der Waals surface area contributed by atoms with Gasteiger partial charge in [-0.25, -0.2) is 0 Å². The average molecular weight is 326 g/mol. The summed E-state index contributed by atoms with van der Waals surface area (Å²) in [5, 5.41) is 2.76. The fourth-order valence-electron chi connectivity index (χ4n) is 2.11. The van der Waals surface area contributed by atoms with E-state index >= 15 is 0 Å². The zero-order valence-corrected chi connectivity index (χ0v) is 14.2. The Kier molecular flexibility index (Phi) is 5.95. The first-order valence-corrected chi connectivity index (χ1v) is 7.74. The van der Waals surface area contributed by atoms with E-state index in [1.54, 1.807) is 7.05 Å². The van der Waals surface area contributed by atoms with Gasteiger partial charge in [-0.2, -0.15) is 0 Å². The second-order valence-corrected chi connectivity index (χ2v) is 5.72. The molecule has 5 nitrogen and oxygen atoms in total. The van der Waals surface area contributed by atoms with Crippen molar-refractivity contribution in [1.82, 2.24) is 4.90 Å². The van der Waals surface area contributed by atoms with E-state index in [9.17, 15) is 9.59 Å². The molecule has 0 heterocycles. The third kappa shape index (κ3) is 5.12. The van der Waals surface area contributed by atoms with Crippen LogP contribution in [0.5, 0.6) is 5.75 Å². The number of rotatable bonds is 6. The molecule has 0 bridgehead atoms. The van der Waals surface area contributed by atoms with Crippen molar-refractivity contribution in [1.29, 1.82) is 0 Å². The van der Waals surface area contributed by atoms with Crippen molar-refractivity contribution in [3.05, 3.63) is 59.7 Å². The molecule has 0 fully saturated rings. The number of aryl methyl sites for hydroxylation is 2. The molecule has 0 aromatic heterocycles. The van der Waals surface area contributed by atoms with E-state index in [1.165, 1.54) is 4.90 Å². The van der Waals surface area contributed by atoms with E-state index in [0.29, 0.717) is 11.4 Å². The van der Waals surface area contributed by atoms with Crippen LogP contribution in [0.15, 0.2) is 48.5 Å². The molecule has 2 amide bonds. The van der Waals surface area contributed by atoms with Crippen LogP contribution >= 0.6 is 0 Å². The summed E-state index contributed by atoms with van der Waals surface area (Å²) in [7, 11) is 1.58. The monoisotopic (exact) mass is 326 g/mol. The van der Waals surface area contributed by atoms with Gasteiger partial charge in [0.25, 0.3) is 5.91 Å². The molecule has 126 valence electrons. The van der Waals surface area contributed by atoms with Crippen LogP contribution in [0.3, 0.4) is 0 Å². The Hall–Kier alpha value is -2.82. The maximum atomic E-state index is 12.1. The Balaban J connectivity index is 1.81. The van der Waals surface area contributed by atoms with Crippen LogP contribution in [0.2, 0.25) is 0 Å². The van der Waals surface area contributed by atoms with Crippen molar-refractivity contribution in [2.24, 2.45) is 0 Å². The zero-order valence-electron chi connectivity index (χ0n) is 14.2. The highest BCUT2D eigenvalue weighted by molar-refractivity contribution is 5.94. The first kappa shape index (κ1) is 17.5. The Morgan fingerprint density at radius 1 is 1.04 bits per heavy atom. The summed E-state index contributed by atoms with van der Waals surface area (Å²) >= 11 is 0. The van der Waals surface area contributed by atoms with E-state index < -0.39 is 0 Å². The van der Waals surface area contributed by atoms with Gasteiger partial charge in [0.15, 0.2) is 6.61 Å². The van der Waals surface area contributed by atoms with Crippen molar-refractivity contribution in [2.45, 2.75) is 13.8 Å². The van der Waals surface area contributed by atoms with Crippen LogP contribution in [0.4, 0.5) is 5.69 Å². The van der Waals surface area contributed by atoms with Gasteiger partial charge in [-0.1, -0.05) is 35.9 Å². The molecule has 2 aromatic rings. The molecule has 0 aliphatic rings. The lowest BCUT2D eigenvalue weighted by Crippen LogP contribution is -2.37. The smallest absolute Gasteiger partial charge is 0.260 e. The number of nitrogens with one attached hydrogen (secondary N) is 1. The lowest BCUT2D eigenvalue weighted by atomic mass is 10.2. The standard InChI is InChI=1S/C19H22N2O3/c1-14-8-10-16(11-9-14)20-18(22)12-21(3)19(23)13-24-17-7-5-4-6-15(17)2/h4-11H,12-13H2,1-3H3,(H,20,22). The summed E-state index contributed by atoms with van der Waals surface area (Å²) < 4.78 is 5.51. The third-order valence-corrected chi connectivity index (χ3v) is 3.59. The number of amides is 2. The maximum Gasteiger partial charge on any atom is 0.260 e. The van der Waals surface area contributed by atoms with Crippen LogP contribution in [-0.4, -0.2) is 36.9 Å². The molecule has 0 radical (unpaired) electrons. The molecule has 24 heavy (non-hydrogen) atoms. The Morgan fingerprint density at radius 3 is 2.38 bits per heavy atom.